The zero-order chi connectivity index (χ0) is 19.1. The van der Waals surface area contributed by atoms with Gasteiger partial charge >= 0.3 is 5.97 Å². The molecule has 3 atom stereocenters. The Morgan fingerprint density at radius 3 is 2.58 bits per heavy atom. The molecule has 1 saturated carbocycles. The maximum Gasteiger partial charge on any atom is 0.306 e. The molecule has 0 saturated heterocycles. The standard InChI is InChI=1S/C20H29NO5/c1-13(2)26-18(16-9-4-5-10-17(16)25-3)12-21-19(22)14-7-6-8-15(11-14)20(23)24/h4-5,9-10,13-15,18H,6-8,11-12H2,1-3H3,(H,21,22)(H,23,24). The van der Waals surface area contributed by atoms with Crippen molar-refractivity contribution in [2.45, 2.75) is 51.7 Å². The number of hydrogen-bond donors (Lipinski definition) is 2. The van der Waals surface area contributed by atoms with E-state index in [0.29, 0.717) is 19.4 Å². The Labute approximate surface area is 154 Å². The molecule has 6 nitrogen and oxygen atoms in total. The Balaban J connectivity index is 2.02. The van der Waals surface area contributed by atoms with Crippen LogP contribution in [0.1, 0.15) is 51.2 Å². The largest absolute Gasteiger partial charge is 0.496 e. The lowest BCUT2D eigenvalue weighted by Crippen LogP contribution is -2.38. The Bertz CT molecular complexity index is 616. The number of carbonyl (C=O) groups is 2. The van der Waals surface area contributed by atoms with Crippen molar-refractivity contribution in [3.8, 4) is 5.75 Å². The summed E-state index contributed by atoms with van der Waals surface area (Å²) in [6.45, 7) is 4.22. The first kappa shape index (κ1) is 20.2. The van der Waals surface area contributed by atoms with Gasteiger partial charge in [0.2, 0.25) is 5.91 Å². The Kier molecular flexibility index (Phi) is 7.45. The van der Waals surface area contributed by atoms with E-state index >= 15 is 0 Å². The van der Waals surface area contributed by atoms with Gasteiger partial charge in [0.05, 0.1) is 19.1 Å². The van der Waals surface area contributed by atoms with Crippen molar-refractivity contribution in [2.75, 3.05) is 13.7 Å². The second-order valence-electron chi connectivity index (χ2n) is 7.06. The van der Waals surface area contributed by atoms with Gasteiger partial charge in [-0.25, -0.2) is 0 Å². The van der Waals surface area contributed by atoms with Gasteiger partial charge in [-0.2, -0.15) is 0 Å². The van der Waals surface area contributed by atoms with Gasteiger partial charge in [-0.05, 0) is 39.2 Å². The van der Waals surface area contributed by atoms with Crippen LogP contribution in [0.15, 0.2) is 24.3 Å². The first-order valence-corrected chi connectivity index (χ1v) is 9.21. The molecule has 0 aromatic heterocycles. The molecule has 0 aliphatic heterocycles. The van der Waals surface area contributed by atoms with E-state index in [1.54, 1.807) is 7.11 Å². The average Bonchev–Trinajstić information content (AvgIpc) is 2.64. The minimum atomic E-state index is -0.808. The molecule has 144 valence electrons. The lowest BCUT2D eigenvalue weighted by atomic mass is 9.81. The van der Waals surface area contributed by atoms with Crippen LogP contribution in [0.4, 0.5) is 0 Å². The monoisotopic (exact) mass is 363 g/mol. The minimum Gasteiger partial charge on any atom is -0.496 e. The third-order valence-corrected chi connectivity index (χ3v) is 4.78. The number of methoxy groups -OCH3 is 1. The number of amides is 1. The first-order chi connectivity index (χ1) is 12.4. The summed E-state index contributed by atoms with van der Waals surface area (Å²) in [5.74, 6) is -0.851. The minimum absolute atomic E-state index is 0.00659. The van der Waals surface area contributed by atoms with Gasteiger partial charge in [0.1, 0.15) is 11.9 Å². The third kappa shape index (κ3) is 5.46. The van der Waals surface area contributed by atoms with Gasteiger partial charge in [-0.3, -0.25) is 9.59 Å². The number of nitrogens with one attached hydrogen (secondary N) is 1. The SMILES string of the molecule is COc1ccccc1C(CNC(=O)C1CCCC(C(=O)O)C1)OC(C)C. The predicted octanol–water partition coefficient (Wildman–Crippen LogP) is 3.17. The molecule has 6 heteroatoms. The highest BCUT2D eigenvalue weighted by molar-refractivity contribution is 5.80. The van der Waals surface area contributed by atoms with Gasteiger partial charge in [0, 0.05) is 18.0 Å². The van der Waals surface area contributed by atoms with Gasteiger partial charge in [0.15, 0.2) is 0 Å². The van der Waals surface area contributed by atoms with E-state index in [9.17, 15) is 14.7 Å². The lowest BCUT2D eigenvalue weighted by Gasteiger charge is -2.27. The van der Waals surface area contributed by atoms with Crippen molar-refractivity contribution in [1.29, 1.82) is 0 Å². The summed E-state index contributed by atoms with van der Waals surface area (Å²) in [4.78, 5) is 23.8. The van der Waals surface area contributed by atoms with Crippen LogP contribution in [0.3, 0.4) is 0 Å². The Hall–Kier alpha value is -2.08. The van der Waals surface area contributed by atoms with Crippen molar-refractivity contribution in [2.24, 2.45) is 11.8 Å². The molecule has 1 aliphatic carbocycles. The zero-order valence-corrected chi connectivity index (χ0v) is 15.7. The van der Waals surface area contributed by atoms with Gasteiger partial charge in [-0.1, -0.05) is 24.6 Å². The molecule has 0 spiro atoms. The van der Waals surface area contributed by atoms with E-state index in [0.717, 1.165) is 24.2 Å². The molecule has 1 amide bonds. The van der Waals surface area contributed by atoms with E-state index in [-0.39, 0.29) is 24.0 Å². The van der Waals surface area contributed by atoms with Gasteiger partial charge < -0.3 is 19.9 Å². The topological polar surface area (TPSA) is 84.9 Å². The highest BCUT2D eigenvalue weighted by Crippen LogP contribution is 2.31. The zero-order valence-electron chi connectivity index (χ0n) is 15.7. The van der Waals surface area contributed by atoms with Crippen molar-refractivity contribution in [1.82, 2.24) is 5.32 Å². The molecule has 1 aromatic rings. The molecule has 2 N–H and O–H groups in total. The summed E-state index contributed by atoms with van der Waals surface area (Å²) in [6.07, 6.45) is 2.24. The molecule has 1 fully saturated rings. The summed E-state index contributed by atoms with van der Waals surface area (Å²) < 4.78 is 11.4. The van der Waals surface area contributed by atoms with Crippen LogP contribution in [0.2, 0.25) is 0 Å². The number of carbonyl (C=O) groups excluding carboxylic acids is 1. The second-order valence-corrected chi connectivity index (χ2v) is 7.06. The maximum atomic E-state index is 12.6. The first-order valence-electron chi connectivity index (χ1n) is 9.21. The molecule has 1 aliphatic rings. The van der Waals surface area contributed by atoms with E-state index in [1.807, 2.05) is 38.1 Å². The van der Waals surface area contributed by atoms with E-state index in [4.69, 9.17) is 9.47 Å². The van der Waals surface area contributed by atoms with Crippen LogP contribution >= 0.6 is 0 Å². The molecule has 1 aromatic carbocycles. The van der Waals surface area contributed by atoms with Crippen LogP contribution in [0.25, 0.3) is 0 Å². The number of hydrogen-bond acceptors (Lipinski definition) is 4. The number of benzene rings is 1. The second kappa shape index (κ2) is 9.57. The summed E-state index contributed by atoms with van der Waals surface area (Å²) in [5, 5.41) is 12.2. The van der Waals surface area contributed by atoms with Gasteiger partial charge in [0.25, 0.3) is 0 Å². The Morgan fingerprint density at radius 2 is 1.92 bits per heavy atom. The van der Waals surface area contributed by atoms with Crippen LogP contribution in [0.5, 0.6) is 5.75 Å². The fourth-order valence-corrected chi connectivity index (χ4v) is 3.48. The molecule has 2 rings (SSSR count). The predicted molar refractivity (Wildman–Crippen MR) is 98.0 cm³/mol. The van der Waals surface area contributed by atoms with Crippen LogP contribution < -0.4 is 10.1 Å². The van der Waals surface area contributed by atoms with Crippen molar-refractivity contribution >= 4 is 11.9 Å². The van der Waals surface area contributed by atoms with E-state index in [2.05, 4.69) is 5.32 Å². The van der Waals surface area contributed by atoms with Crippen LogP contribution in [-0.2, 0) is 14.3 Å². The van der Waals surface area contributed by atoms with Crippen LogP contribution in [0, 0.1) is 11.8 Å². The number of carboxylic acid groups (broad SMARTS) is 1. The summed E-state index contributed by atoms with van der Waals surface area (Å²) in [6, 6.07) is 7.60. The molecule has 3 unspecified atom stereocenters. The lowest BCUT2D eigenvalue weighted by molar-refractivity contribution is -0.144. The van der Waals surface area contributed by atoms with Crippen molar-refractivity contribution < 1.29 is 24.2 Å². The third-order valence-electron chi connectivity index (χ3n) is 4.78. The Morgan fingerprint density at radius 1 is 1.23 bits per heavy atom. The molecular weight excluding hydrogens is 334 g/mol. The summed E-state index contributed by atoms with van der Waals surface area (Å²) in [5.41, 5.74) is 0.885. The fourth-order valence-electron chi connectivity index (χ4n) is 3.48. The molecule has 0 radical (unpaired) electrons. The number of aliphatic carboxylic acids is 1. The van der Waals surface area contributed by atoms with Crippen molar-refractivity contribution in [3.63, 3.8) is 0 Å². The van der Waals surface area contributed by atoms with Crippen molar-refractivity contribution in [3.05, 3.63) is 29.8 Å². The quantitative estimate of drug-likeness (QED) is 0.741. The molecule has 26 heavy (non-hydrogen) atoms. The normalized spacial score (nSPS) is 21.2. The highest BCUT2D eigenvalue weighted by atomic mass is 16.5. The molecular formula is C20H29NO5. The molecule has 0 bridgehead atoms. The van der Waals surface area contributed by atoms with E-state index in [1.165, 1.54) is 0 Å². The maximum absolute atomic E-state index is 12.6. The molecule has 0 heterocycles. The smallest absolute Gasteiger partial charge is 0.306 e. The van der Waals surface area contributed by atoms with E-state index < -0.39 is 11.9 Å². The van der Waals surface area contributed by atoms with Crippen LogP contribution in [-0.4, -0.2) is 36.7 Å². The summed E-state index contributed by atoms with van der Waals surface area (Å²) in [7, 11) is 1.61. The van der Waals surface area contributed by atoms with Gasteiger partial charge in [-0.15, -0.1) is 0 Å². The highest BCUT2D eigenvalue weighted by Gasteiger charge is 2.31. The number of ether oxygens (including phenoxy) is 2. The number of carboxylic acids is 1. The number of para-hydroxylation sites is 1. The number of rotatable bonds is 8. The average molecular weight is 363 g/mol. The summed E-state index contributed by atoms with van der Waals surface area (Å²) >= 11 is 0. The fraction of sp³-hybridized carbons (Fsp3) is 0.600.